The minimum atomic E-state index is -0.621. The Kier molecular flexibility index (Phi) is 7.68. The normalized spacial score (nSPS) is 40.7. The molecule has 4 nitrogen and oxygen atoms in total. The van der Waals surface area contributed by atoms with Crippen molar-refractivity contribution in [3.63, 3.8) is 0 Å². The fourth-order valence-electron chi connectivity index (χ4n) is 6.63. The van der Waals surface area contributed by atoms with Gasteiger partial charge in [0, 0.05) is 6.42 Å². The Morgan fingerprint density at radius 3 is 2.55 bits per heavy atom. The van der Waals surface area contributed by atoms with E-state index in [1.54, 1.807) is 0 Å². The van der Waals surface area contributed by atoms with E-state index in [0.29, 0.717) is 41.9 Å². The summed E-state index contributed by atoms with van der Waals surface area (Å²) in [6.45, 7) is 8.88. The second kappa shape index (κ2) is 9.74. The van der Waals surface area contributed by atoms with Crippen molar-refractivity contribution in [3.05, 3.63) is 47.6 Å². The van der Waals surface area contributed by atoms with Crippen molar-refractivity contribution in [2.75, 3.05) is 0 Å². The van der Waals surface area contributed by atoms with E-state index in [-0.39, 0.29) is 11.6 Å². The van der Waals surface area contributed by atoms with Crippen molar-refractivity contribution in [1.82, 2.24) is 0 Å². The Balaban J connectivity index is 0.00000272. The van der Waals surface area contributed by atoms with Crippen LogP contribution in [0.15, 0.2) is 47.6 Å². The number of allylic oxidation sites excluding steroid dienone is 4. The van der Waals surface area contributed by atoms with Crippen molar-refractivity contribution < 1.29 is 20.8 Å². The van der Waals surface area contributed by atoms with Crippen LogP contribution >= 0.6 is 0 Å². The molecule has 0 aromatic heterocycles. The SMILES string of the molecule is C=C1C(=CC=C2CCC[C@@]3(C)C2CCC3C(C)C=CC(O)C2CC2)CC(O)CC1O.O. The Morgan fingerprint density at radius 2 is 1.84 bits per heavy atom. The number of aliphatic hydroxyl groups excluding tert-OH is 3. The smallest absolute Gasteiger partial charge is 0.0811 e. The summed E-state index contributed by atoms with van der Waals surface area (Å²) in [6.07, 6.45) is 16.9. The molecule has 0 radical (unpaired) electrons. The molecule has 0 bridgehead atoms. The Labute approximate surface area is 187 Å². The average Bonchev–Trinajstić information content (AvgIpc) is 3.49. The van der Waals surface area contributed by atoms with Gasteiger partial charge in [0.1, 0.15) is 0 Å². The largest absolute Gasteiger partial charge is 0.412 e. The third kappa shape index (κ3) is 5.08. The molecule has 0 amide bonds. The van der Waals surface area contributed by atoms with E-state index >= 15 is 0 Å². The number of hydrogen-bond donors (Lipinski definition) is 3. The third-order valence-corrected chi connectivity index (χ3v) is 8.65. The van der Waals surface area contributed by atoms with E-state index in [4.69, 9.17) is 0 Å². The van der Waals surface area contributed by atoms with E-state index in [1.165, 1.54) is 44.1 Å². The number of aliphatic hydroxyl groups is 3. The van der Waals surface area contributed by atoms with Crippen LogP contribution in [0.5, 0.6) is 0 Å². The molecule has 5 N–H and O–H groups in total. The lowest BCUT2D eigenvalue weighted by Gasteiger charge is -2.44. The highest BCUT2D eigenvalue weighted by atomic mass is 16.3. The van der Waals surface area contributed by atoms with Crippen LogP contribution in [-0.2, 0) is 0 Å². The summed E-state index contributed by atoms with van der Waals surface area (Å²) in [7, 11) is 0. The zero-order valence-electron chi connectivity index (χ0n) is 19.3. The molecule has 7 atom stereocenters. The van der Waals surface area contributed by atoms with Gasteiger partial charge in [-0.2, -0.15) is 0 Å². The first kappa shape index (κ1) is 24.4. The maximum absolute atomic E-state index is 10.2. The molecule has 0 aromatic rings. The second-order valence-corrected chi connectivity index (χ2v) is 10.7. The van der Waals surface area contributed by atoms with Gasteiger partial charge in [0.15, 0.2) is 0 Å². The van der Waals surface area contributed by atoms with E-state index in [0.717, 1.165) is 17.6 Å². The van der Waals surface area contributed by atoms with Gasteiger partial charge in [-0.25, -0.2) is 0 Å². The molecule has 4 aliphatic rings. The van der Waals surface area contributed by atoms with Gasteiger partial charge in [-0.15, -0.1) is 0 Å². The molecule has 0 saturated heterocycles. The van der Waals surface area contributed by atoms with Crippen molar-refractivity contribution in [3.8, 4) is 0 Å². The Morgan fingerprint density at radius 1 is 1.10 bits per heavy atom. The van der Waals surface area contributed by atoms with Crippen molar-refractivity contribution in [1.29, 1.82) is 0 Å². The van der Waals surface area contributed by atoms with E-state index in [9.17, 15) is 15.3 Å². The summed E-state index contributed by atoms with van der Waals surface area (Å²) in [5.74, 6) is 2.28. The van der Waals surface area contributed by atoms with Crippen molar-refractivity contribution in [2.24, 2.45) is 29.1 Å². The highest BCUT2D eigenvalue weighted by Gasteiger charge is 2.50. The summed E-state index contributed by atoms with van der Waals surface area (Å²) in [4.78, 5) is 0. The molecular formula is C27H42O4. The van der Waals surface area contributed by atoms with E-state index in [2.05, 4.69) is 44.7 Å². The van der Waals surface area contributed by atoms with Gasteiger partial charge in [-0.05, 0) is 91.6 Å². The molecule has 0 heterocycles. The van der Waals surface area contributed by atoms with Gasteiger partial charge in [0.2, 0.25) is 0 Å². The third-order valence-electron chi connectivity index (χ3n) is 8.65. The monoisotopic (exact) mass is 430 g/mol. The molecule has 31 heavy (non-hydrogen) atoms. The van der Waals surface area contributed by atoms with Crippen LogP contribution in [0.25, 0.3) is 0 Å². The first-order chi connectivity index (χ1) is 14.3. The zero-order valence-corrected chi connectivity index (χ0v) is 19.3. The molecule has 174 valence electrons. The fourth-order valence-corrected chi connectivity index (χ4v) is 6.63. The molecule has 0 aromatic carbocycles. The number of hydrogen-bond acceptors (Lipinski definition) is 3. The molecule has 0 spiro atoms. The van der Waals surface area contributed by atoms with Gasteiger partial charge in [0.25, 0.3) is 0 Å². The highest BCUT2D eigenvalue weighted by molar-refractivity contribution is 5.38. The number of rotatable bonds is 5. The molecule has 6 unspecified atom stereocenters. The van der Waals surface area contributed by atoms with Crippen LogP contribution < -0.4 is 0 Å². The highest BCUT2D eigenvalue weighted by Crippen LogP contribution is 2.59. The lowest BCUT2D eigenvalue weighted by atomic mass is 9.61. The Bertz CT molecular complexity index is 746. The van der Waals surface area contributed by atoms with E-state index in [1.807, 2.05) is 0 Å². The minimum Gasteiger partial charge on any atom is -0.412 e. The lowest BCUT2D eigenvalue weighted by Crippen LogP contribution is -2.35. The maximum Gasteiger partial charge on any atom is 0.0811 e. The zero-order chi connectivity index (χ0) is 21.5. The summed E-state index contributed by atoms with van der Waals surface area (Å²) in [5.41, 5.74) is 3.63. The van der Waals surface area contributed by atoms with Crippen molar-refractivity contribution in [2.45, 2.75) is 89.9 Å². The van der Waals surface area contributed by atoms with Crippen LogP contribution in [0.3, 0.4) is 0 Å². The van der Waals surface area contributed by atoms with Crippen LogP contribution in [0, 0.1) is 29.1 Å². The molecular weight excluding hydrogens is 388 g/mol. The van der Waals surface area contributed by atoms with Gasteiger partial charge in [0.05, 0.1) is 18.3 Å². The van der Waals surface area contributed by atoms with Gasteiger partial charge in [-0.1, -0.05) is 50.3 Å². The average molecular weight is 431 g/mol. The molecule has 4 saturated carbocycles. The predicted molar refractivity (Wildman–Crippen MR) is 125 cm³/mol. The first-order valence-electron chi connectivity index (χ1n) is 12.1. The molecule has 4 aliphatic carbocycles. The van der Waals surface area contributed by atoms with Crippen LogP contribution in [-0.4, -0.2) is 39.1 Å². The Hall–Kier alpha value is -1.20. The fraction of sp³-hybridized carbons (Fsp3) is 0.704. The summed E-state index contributed by atoms with van der Waals surface area (Å²) >= 11 is 0. The maximum atomic E-state index is 10.2. The van der Waals surface area contributed by atoms with E-state index < -0.39 is 12.2 Å². The molecule has 4 heteroatoms. The topological polar surface area (TPSA) is 92.2 Å². The molecule has 4 fully saturated rings. The summed E-state index contributed by atoms with van der Waals surface area (Å²) in [5, 5.41) is 30.4. The predicted octanol–water partition coefficient (Wildman–Crippen LogP) is 4.27. The molecule has 0 aliphatic heterocycles. The summed E-state index contributed by atoms with van der Waals surface area (Å²) in [6, 6.07) is 0. The second-order valence-electron chi connectivity index (χ2n) is 10.7. The van der Waals surface area contributed by atoms with Crippen LogP contribution in [0.2, 0.25) is 0 Å². The quantitative estimate of drug-likeness (QED) is 0.569. The van der Waals surface area contributed by atoms with Gasteiger partial charge < -0.3 is 20.8 Å². The van der Waals surface area contributed by atoms with Crippen LogP contribution in [0.1, 0.15) is 71.6 Å². The van der Waals surface area contributed by atoms with Gasteiger partial charge in [-0.3, -0.25) is 0 Å². The number of fused-ring (bicyclic) bond motifs is 1. The first-order valence-corrected chi connectivity index (χ1v) is 12.1. The minimum absolute atomic E-state index is 0. The van der Waals surface area contributed by atoms with Gasteiger partial charge >= 0.3 is 0 Å². The summed E-state index contributed by atoms with van der Waals surface area (Å²) < 4.78 is 0. The van der Waals surface area contributed by atoms with Crippen molar-refractivity contribution >= 4 is 0 Å². The molecule has 4 rings (SSSR count). The standard InChI is InChI=1S/C27H40O3.H2O/c1-17(6-13-25(29)20-8-9-20)23-11-12-24-19(5-4-14-27(23,24)3)7-10-21-15-22(28)16-26(30)18(21)2;/h6-7,10,13,17,20,22-26,28-30H,2,4-5,8-9,11-12,14-16H2,1,3H3;1H2/t17?,22?,23?,24?,25?,26?,27-;/m1./s1. The van der Waals surface area contributed by atoms with Crippen LogP contribution in [0.4, 0.5) is 0 Å². The lowest BCUT2D eigenvalue weighted by molar-refractivity contribution is 0.0862.